The summed E-state index contributed by atoms with van der Waals surface area (Å²) in [6.07, 6.45) is 5.52. The molecule has 0 bridgehead atoms. The highest BCUT2D eigenvalue weighted by Crippen LogP contribution is 2.33. The van der Waals surface area contributed by atoms with Crippen LogP contribution in [0.4, 0.5) is 5.69 Å². The van der Waals surface area contributed by atoms with Gasteiger partial charge in [-0.25, -0.2) is 0 Å². The lowest BCUT2D eigenvalue weighted by Gasteiger charge is -2.33. The Morgan fingerprint density at radius 1 is 0.971 bits per heavy atom. The van der Waals surface area contributed by atoms with Crippen LogP contribution in [-0.2, 0) is 16.0 Å². The highest BCUT2D eigenvalue weighted by Gasteiger charge is 2.34. The SMILES string of the molecule is COc1cccc([C@H](C(=O)NC2CCCCC2)N(C(=O)Cc2cccs2)c2cccc(OC)c2)c1. The molecule has 1 N–H and O–H groups in total. The van der Waals surface area contributed by atoms with Gasteiger partial charge in [-0.3, -0.25) is 14.5 Å². The summed E-state index contributed by atoms with van der Waals surface area (Å²) in [7, 11) is 3.18. The minimum atomic E-state index is -0.855. The van der Waals surface area contributed by atoms with E-state index in [1.807, 2.05) is 60.0 Å². The molecule has 1 heterocycles. The number of ether oxygens (including phenoxy) is 2. The summed E-state index contributed by atoms with van der Waals surface area (Å²) in [5.41, 5.74) is 1.30. The molecule has 4 rings (SSSR count). The molecular formula is C28H32N2O4S. The molecule has 2 amide bonds. The van der Waals surface area contributed by atoms with Crippen molar-refractivity contribution < 1.29 is 19.1 Å². The van der Waals surface area contributed by atoms with Gasteiger partial charge in [-0.1, -0.05) is 43.5 Å². The van der Waals surface area contributed by atoms with E-state index >= 15 is 0 Å². The molecule has 1 fully saturated rings. The van der Waals surface area contributed by atoms with Gasteiger partial charge in [0.05, 0.1) is 20.6 Å². The summed E-state index contributed by atoms with van der Waals surface area (Å²) in [6, 6.07) is 17.8. The van der Waals surface area contributed by atoms with Crippen LogP contribution in [0, 0.1) is 0 Å². The first kappa shape index (κ1) is 24.8. The van der Waals surface area contributed by atoms with Crippen molar-refractivity contribution in [2.45, 2.75) is 50.6 Å². The number of rotatable bonds is 9. The standard InChI is InChI=1S/C28H32N2O4S/c1-33-23-13-6-9-20(17-23)27(28(32)29-21-10-4-3-5-11-21)30(22-12-7-14-24(18-22)34-2)26(31)19-25-15-8-16-35-25/h6-9,12-18,21,27H,3-5,10-11,19H2,1-2H3,(H,29,32)/t27-/m1/s1. The molecule has 7 heteroatoms. The van der Waals surface area contributed by atoms with Gasteiger partial charge in [0.2, 0.25) is 11.8 Å². The van der Waals surface area contributed by atoms with E-state index in [4.69, 9.17) is 9.47 Å². The molecule has 1 aliphatic rings. The molecule has 6 nitrogen and oxygen atoms in total. The lowest BCUT2D eigenvalue weighted by molar-refractivity contribution is -0.127. The van der Waals surface area contributed by atoms with E-state index in [1.54, 1.807) is 25.2 Å². The number of thiophene rings is 1. The van der Waals surface area contributed by atoms with Crippen LogP contribution in [0.5, 0.6) is 11.5 Å². The second-order valence-corrected chi connectivity index (χ2v) is 9.78. The van der Waals surface area contributed by atoms with Gasteiger partial charge in [0.1, 0.15) is 17.5 Å². The van der Waals surface area contributed by atoms with Crippen molar-refractivity contribution in [2.24, 2.45) is 0 Å². The summed E-state index contributed by atoms with van der Waals surface area (Å²) in [6.45, 7) is 0. The second kappa shape index (κ2) is 11.9. The Hall–Kier alpha value is -3.32. The largest absolute Gasteiger partial charge is 0.497 e. The highest BCUT2D eigenvalue weighted by molar-refractivity contribution is 7.10. The van der Waals surface area contributed by atoms with Crippen LogP contribution in [0.1, 0.15) is 48.6 Å². The minimum absolute atomic E-state index is 0.115. The number of benzene rings is 2. The summed E-state index contributed by atoms with van der Waals surface area (Å²) < 4.78 is 10.9. The average molecular weight is 493 g/mol. The quantitative estimate of drug-likeness (QED) is 0.426. The number of methoxy groups -OCH3 is 2. The summed E-state index contributed by atoms with van der Waals surface area (Å²) in [4.78, 5) is 30.3. The van der Waals surface area contributed by atoms with E-state index in [2.05, 4.69) is 5.32 Å². The number of anilines is 1. The van der Waals surface area contributed by atoms with E-state index in [0.29, 0.717) is 22.7 Å². The van der Waals surface area contributed by atoms with E-state index < -0.39 is 6.04 Å². The first-order valence-electron chi connectivity index (χ1n) is 12.0. The zero-order chi connectivity index (χ0) is 24.6. The molecule has 0 unspecified atom stereocenters. The van der Waals surface area contributed by atoms with Crippen molar-refractivity contribution in [3.05, 3.63) is 76.5 Å². The smallest absolute Gasteiger partial charge is 0.248 e. The third-order valence-corrected chi connectivity index (χ3v) is 7.25. The topological polar surface area (TPSA) is 67.9 Å². The molecule has 184 valence electrons. The number of amides is 2. The first-order valence-corrected chi connectivity index (χ1v) is 12.9. The van der Waals surface area contributed by atoms with Crippen LogP contribution in [0.2, 0.25) is 0 Å². The molecule has 1 saturated carbocycles. The fourth-order valence-electron chi connectivity index (χ4n) is 4.60. The van der Waals surface area contributed by atoms with Crippen LogP contribution in [-0.4, -0.2) is 32.1 Å². The van der Waals surface area contributed by atoms with Crippen LogP contribution >= 0.6 is 11.3 Å². The number of carbonyl (C=O) groups excluding carboxylic acids is 2. The Kier molecular flexibility index (Phi) is 8.42. The molecule has 1 atom stereocenters. The molecule has 1 aromatic heterocycles. The monoisotopic (exact) mass is 492 g/mol. The third kappa shape index (κ3) is 6.22. The first-order chi connectivity index (χ1) is 17.1. The Morgan fingerprint density at radius 2 is 1.69 bits per heavy atom. The zero-order valence-corrected chi connectivity index (χ0v) is 21.1. The molecule has 35 heavy (non-hydrogen) atoms. The van der Waals surface area contributed by atoms with Crippen molar-refractivity contribution in [1.82, 2.24) is 5.32 Å². The molecule has 0 aliphatic heterocycles. The molecule has 3 aromatic rings. The maximum absolute atomic E-state index is 13.9. The Morgan fingerprint density at radius 3 is 2.37 bits per heavy atom. The average Bonchev–Trinajstić information content (AvgIpc) is 3.40. The lowest BCUT2D eigenvalue weighted by Crippen LogP contribution is -2.47. The zero-order valence-electron chi connectivity index (χ0n) is 20.2. The normalized spacial score (nSPS) is 14.7. The van der Waals surface area contributed by atoms with Crippen LogP contribution in [0.15, 0.2) is 66.0 Å². The van der Waals surface area contributed by atoms with Gasteiger partial charge in [0, 0.05) is 22.7 Å². The Balaban J connectivity index is 1.78. The Bertz CT molecular complexity index is 1130. The number of hydrogen-bond donors (Lipinski definition) is 1. The Labute approximate surface area is 210 Å². The predicted octanol–water partition coefficient (Wildman–Crippen LogP) is 5.53. The summed E-state index contributed by atoms with van der Waals surface area (Å²) in [5, 5.41) is 5.20. The van der Waals surface area contributed by atoms with Gasteiger partial charge in [0.15, 0.2) is 0 Å². The van der Waals surface area contributed by atoms with Crippen molar-refractivity contribution in [1.29, 1.82) is 0 Å². The molecule has 0 radical (unpaired) electrons. The van der Waals surface area contributed by atoms with Crippen molar-refractivity contribution in [3.8, 4) is 11.5 Å². The molecule has 0 spiro atoms. The summed E-state index contributed by atoms with van der Waals surface area (Å²) in [5.74, 6) is 0.905. The molecule has 0 saturated heterocycles. The predicted molar refractivity (Wildman–Crippen MR) is 139 cm³/mol. The van der Waals surface area contributed by atoms with E-state index in [9.17, 15) is 9.59 Å². The number of nitrogens with zero attached hydrogens (tertiary/aromatic N) is 1. The van der Waals surface area contributed by atoms with E-state index in [0.717, 1.165) is 30.6 Å². The van der Waals surface area contributed by atoms with Gasteiger partial charge >= 0.3 is 0 Å². The highest BCUT2D eigenvalue weighted by atomic mass is 32.1. The maximum Gasteiger partial charge on any atom is 0.248 e. The van der Waals surface area contributed by atoms with E-state index in [-0.39, 0.29) is 24.3 Å². The van der Waals surface area contributed by atoms with Gasteiger partial charge in [-0.15, -0.1) is 11.3 Å². The van der Waals surface area contributed by atoms with Gasteiger partial charge in [-0.2, -0.15) is 0 Å². The number of carbonyl (C=O) groups is 2. The minimum Gasteiger partial charge on any atom is -0.497 e. The van der Waals surface area contributed by atoms with Crippen LogP contribution in [0.25, 0.3) is 0 Å². The third-order valence-electron chi connectivity index (χ3n) is 6.37. The van der Waals surface area contributed by atoms with Crippen molar-refractivity contribution in [2.75, 3.05) is 19.1 Å². The molecule has 1 aliphatic carbocycles. The number of hydrogen-bond acceptors (Lipinski definition) is 5. The van der Waals surface area contributed by atoms with Gasteiger partial charge < -0.3 is 14.8 Å². The van der Waals surface area contributed by atoms with Gasteiger partial charge in [-0.05, 0) is 54.1 Å². The number of nitrogens with one attached hydrogen (secondary N) is 1. The van der Waals surface area contributed by atoms with Crippen molar-refractivity contribution in [3.63, 3.8) is 0 Å². The fourth-order valence-corrected chi connectivity index (χ4v) is 5.30. The second-order valence-electron chi connectivity index (χ2n) is 8.74. The molecule has 2 aromatic carbocycles. The maximum atomic E-state index is 13.9. The van der Waals surface area contributed by atoms with Crippen LogP contribution in [0.3, 0.4) is 0 Å². The summed E-state index contributed by atoms with van der Waals surface area (Å²) >= 11 is 1.53. The van der Waals surface area contributed by atoms with Gasteiger partial charge in [0.25, 0.3) is 0 Å². The molecular weight excluding hydrogens is 460 g/mol. The van der Waals surface area contributed by atoms with Crippen molar-refractivity contribution >= 4 is 28.8 Å². The van der Waals surface area contributed by atoms with Crippen LogP contribution < -0.4 is 19.7 Å². The lowest BCUT2D eigenvalue weighted by atomic mass is 9.94. The fraction of sp³-hybridized carbons (Fsp3) is 0.357. The van der Waals surface area contributed by atoms with E-state index in [1.165, 1.54) is 17.8 Å².